The van der Waals surface area contributed by atoms with Gasteiger partial charge < -0.3 is 30.3 Å². The summed E-state index contributed by atoms with van der Waals surface area (Å²) in [4.78, 5) is 40.8. The maximum atomic E-state index is 14.4. The minimum Gasteiger partial charge on any atom is -0.496 e. The van der Waals surface area contributed by atoms with Crippen LogP contribution < -0.4 is 25.6 Å². The number of nitrogens with one attached hydrogen (secondary N) is 3. The largest absolute Gasteiger partial charge is 0.496 e. The molecule has 2 amide bonds. The average molecular weight is 496 g/mol. The van der Waals surface area contributed by atoms with Crippen molar-refractivity contribution in [1.82, 2.24) is 20.3 Å². The highest BCUT2D eigenvalue weighted by molar-refractivity contribution is 6.10. The molecule has 36 heavy (non-hydrogen) atoms. The number of hydrogen-bond donors (Lipinski definition) is 3. The molecule has 0 atom stereocenters. The van der Waals surface area contributed by atoms with Gasteiger partial charge in [-0.1, -0.05) is 6.07 Å². The maximum Gasteiger partial charge on any atom is 0.262 e. The van der Waals surface area contributed by atoms with Gasteiger partial charge in [0.05, 0.1) is 31.6 Å². The molecular formula is C24H26FN7O4. The molecule has 1 fully saturated rings. The zero-order valence-electron chi connectivity index (χ0n) is 20.1. The van der Waals surface area contributed by atoms with Crippen molar-refractivity contribution >= 4 is 35.1 Å². The van der Waals surface area contributed by atoms with E-state index in [1.807, 2.05) is 11.8 Å². The molecule has 0 saturated carbocycles. The molecule has 1 aliphatic heterocycles. The first-order valence-corrected chi connectivity index (χ1v) is 11.2. The minimum atomic E-state index is -0.778. The molecule has 4 rings (SSSR count). The van der Waals surface area contributed by atoms with Crippen LogP contribution in [0.1, 0.15) is 26.4 Å². The summed E-state index contributed by atoms with van der Waals surface area (Å²) in [5, 5.41) is 8.20. The van der Waals surface area contributed by atoms with E-state index in [1.54, 1.807) is 6.07 Å². The monoisotopic (exact) mass is 495 g/mol. The molecule has 12 heteroatoms. The summed E-state index contributed by atoms with van der Waals surface area (Å²) in [6.45, 7) is 4.40. The molecule has 0 unspecified atom stereocenters. The molecule has 0 spiro atoms. The van der Waals surface area contributed by atoms with E-state index < -0.39 is 17.6 Å². The quantitative estimate of drug-likeness (QED) is 0.453. The van der Waals surface area contributed by atoms with E-state index in [-0.39, 0.29) is 22.6 Å². The maximum absolute atomic E-state index is 14.4. The Bertz CT molecular complexity index is 1280. The van der Waals surface area contributed by atoms with Crippen molar-refractivity contribution in [2.45, 2.75) is 6.92 Å². The number of morpholine rings is 1. The number of anilines is 4. The lowest BCUT2D eigenvalue weighted by molar-refractivity contribution is 0.0963. The zero-order chi connectivity index (χ0) is 25.7. The Morgan fingerprint density at radius 3 is 2.61 bits per heavy atom. The third kappa shape index (κ3) is 5.49. The van der Waals surface area contributed by atoms with Crippen molar-refractivity contribution in [3.05, 3.63) is 59.2 Å². The SMILES string of the molecule is CNC(=O)c1cnc(Nc2cc(C)nc(N3CCOCC3)n2)cc1NC(=O)c1c(F)cccc1OC. The van der Waals surface area contributed by atoms with Gasteiger partial charge in [0.1, 0.15) is 28.8 Å². The van der Waals surface area contributed by atoms with Gasteiger partial charge in [-0.2, -0.15) is 4.98 Å². The zero-order valence-corrected chi connectivity index (χ0v) is 20.1. The van der Waals surface area contributed by atoms with E-state index >= 15 is 0 Å². The van der Waals surface area contributed by atoms with Crippen molar-refractivity contribution < 1.29 is 23.5 Å². The van der Waals surface area contributed by atoms with E-state index in [4.69, 9.17) is 9.47 Å². The smallest absolute Gasteiger partial charge is 0.262 e. The van der Waals surface area contributed by atoms with Crippen LogP contribution in [-0.2, 0) is 4.74 Å². The summed E-state index contributed by atoms with van der Waals surface area (Å²) >= 11 is 0. The van der Waals surface area contributed by atoms with Crippen LogP contribution in [0.2, 0.25) is 0 Å². The topological polar surface area (TPSA) is 131 Å². The van der Waals surface area contributed by atoms with Crippen LogP contribution in [0.15, 0.2) is 36.5 Å². The second-order valence-electron chi connectivity index (χ2n) is 7.88. The number of rotatable bonds is 7. The van der Waals surface area contributed by atoms with E-state index in [0.29, 0.717) is 43.9 Å². The number of hydrogen-bond acceptors (Lipinski definition) is 9. The Morgan fingerprint density at radius 2 is 1.89 bits per heavy atom. The molecule has 3 N–H and O–H groups in total. The van der Waals surface area contributed by atoms with Gasteiger partial charge >= 0.3 is 0 Å². The van der Waals surface area contributed by atoms with Gasteiger partial charge in [0.15, 0.2) is 0 Å². The van der Waals surface area contributed by atoms with Gasteiger partial charge in [0.2, 0.25) is 5.95 Å². The van der Waals surface area contributed by atoms with Crippen LogP contribution in [0.25, 0.3) is 0 Å². The molecule has 1 aromatic carbocycles. The highest BCUT2D eigenvalue weighted by atomic mass is 19.1. The molecular weight excluding hydrogens is 469 g/mol. The van der Waals surface area contributed by atoms with Gasteiger partial charge in [-0.15, -0.1) is 0 Å². The number of pyridine rings is 1. The fourth-order valence-corrected chi connectivity index (χ4v) is 3.68. The summed E-state index contributed by atoms with van der Waals surface area (Å²) < 4.78 is 25.0. The Balaban J connectivity index is 1.64. The molecule has 3 aromatic rings. The number of benzene rings is 1. The lowest BCUT2D eigenvalue weighted by Crippen LogP contribution is -2.37. The Kier molecular flexibility index (Phi) is 7.54. The fraction of sp³-hybridized carbons (Fsp3) is 0.292. The summed E-state index contributed by atoms with van der Waals surface area (Å²) in [5.74, 6) is -0.594. The second kappa shape index (κ2) is 11.0. The first-order valence-electron chi connectivity index (χ1n) is 11.2. The number of ether oxygens (including phenoxy) is 2. The van der Waals surface area contributed by atoms with Gasteiger partial charge in [-0.3, -0.25) is 9.59 Å². The standard InChI is InChI=1S/C24H26FN7O4/c1-14-11-20(31-24(28-14)32-7-9-36-10-8-32)30-19-12-17(15(13-27-19)22(33)26-2)29-23(34)21-16(25)5-4-6-18(21)35-3/h4-6,11-13H,7-10H2,1-3H3,(H,26,33)(H2,27,28,29,30,31,34). The first-order chi connectivity index (χ1) is 17.4. The number of carbonyl (C=O) groups excluding carboxylic acids is 2. The number of carbonyl (C=O) groups is 2. The molecule has 1 saturated heterocycles. The molecule has 1 aliphatic rings. The van der Waals surface area contributed by atoms with Crippen LogP contribution in [0.4, 0.5) is 27.7 Å². The number of methoxy groups -OCH3 is 1. The van der Waals surface area contributed by atoms with E-state index in [1.165, 1.54) is 38.6 Å². The third-order valence-electron chi connectivity index (χ3n) is 5.44. The van der Waals surface area contributed by atoms with Crippen molar-refractivity contribution in [3.8, 4) is 5.75 Å². The molecule has 188 valence electrons. The molecule has 2 aromatic heterocycles. The number of amides is 2. The van der Waals surface area contributed by atoms with Crippen LogP contribution in [0, 0.1) is 12.7 Å². The Hall–Kier alpha value is -4.32. The molecule has 0 radical (unpaired) electrons. The average Bonchev–Trinajstić information content (AvgIpc) is 2.88. The molecule has 3 heterocycles. The van der Waals surface area contributed by atoms with Crippen LogP contribution in [0.3, 0.4) is 0 Å². The van der Waals surface area contributed by atoms with Gasteiger partial charge in [0.25, 0.3) is 11.8 Å². The molecule has 11 nitrogen and oxygen atoms in total. The second-order valence-corrected chi connectivity index (χ2v) is 7.88. The Labute approximate surface area is 207 Å². The van der Waals surface area contributed by atoms with E-state index in [0.717, 1.165) is 11.8 Å². The van der Waals surface area contributed by atoms with Crippen LogP contribution in [0.5, 0.6) is 5.75 Å². The van der Waals surface area contributed by atoms with Crippen molar-refractivity contribution in [2.24, 2.45) is 0 Å². The normalized spacial score (nSPS) is 13.2. The molecule has 0 aliphatic carbocycles. The minimum absolute atomic E-state index is 0.0634. The van der Waals surface area contributed by atoms with Gasteiger partial charge in [-0.05, 0) is 19.1 Å². The van der Waals surface area contributed by atoms with Crippen molar-refractivity contribution in [3.63, 3.8) is 0 Å². The number of halogens is 1. The molecule has 0 bridgehead atoms. The summed E-state index contributed by atoms with van der Waals surface area (Å²) in [6, 6.07) is 7.29. The summed E-state index contributed by atoms with van der Waals surface area (Å²) in [6.07, 6.45) is 1.31. The number of aryl methyl sites for hydroxylation is 1. The number of aromatic nitrogens is 3. The van der Waals surface area contributed by atoms with Crippen LogP contribution >= 0.6 is 0 Å². The summed E-state index contributed by atoms with van der Waals surface area (Å²) in [5.41, 5.74) is 0.688. The lowest BCUT2D eigenvalue weighted by atomic mass is 10.1. The Morgan fingerprint density at radius 1 is 1.11 bits per heavy atom. The van der Waals surface area contributed by atoms with Crippen LogP contribution in [-0.4, -0.2) is 67.2 Å². The predicted molar refractivity (Wildman–Crippen MR) is 132 cm³/mol. The van der Waals surface area contributed by atoms with Crippen molar-refractivity contribution in [2.75, 3.05) is 56.0 Å². The lowest BCUT2D eigenvalue weighted by Gasteiger charge is -2.27. The van der Waals surface area contributed by atoms with E-state index in [9.17, 15) is 14.0 Å². The highest BCUT2D eigenvalue weighted by Crippen LogP contribution is 2.26. The number of nitrogens with zero attached hydrogens (tertiary/aromatic N) is 4. The van der Waals surface area contributed by atoms with Crippen molar-refractivity contribution in [1.29, 1.82) is 0 Å². The van der Waals surface area contributed by atoms with Gasteiger partial charge in [-0.25, -0.2) is 14.4 Å². The van der Waals surface area contributed by atoms with E-state index in [2.05, 4.69) is 30.9 Å². The summed E-state index contributed by atoms with van der Waals surface area (Å²) in [7, 11) is 2.79. The fourth-order valence-electron chi connectivity index (χ4n) is 3.68. The highest BCUT2D eigenvalue weighted by Gasteiger charge is 2.21. The predicted octanol–water partition coefficient (Wildman–Crippen LogP) is 2.52. The first kappa shape index (κ1) is 24.8. The third-order valence-corrected chi connectivity index (χ3v) is 5.44. The van der Waals surface area contributed by atoms with Gasteiger partial charge in [0, 0.05) is 44.2 Å².